The van der Waals surface area contributed by atoms with Crippen molar-refractivity contribution in [3.63, 3.8) is 0 Å². The third-order valence-electron chi connectivity index (χ3n) is 4.08. The van der Waals surface area contributed by atoms with Gasteiger partial charge < -0.3 is 24.8 Å². The van der Waals surface area contributed by atoms with Crippen molar-refractivity contribution in [1.29, 1.82) is 0 Å². The van der Waals surface area contributed by atoms with Gasteiger partial charge in [0.2, 0.25) is 0 Å². The third-order valence-corrected chi connectivity index (χ3v) is 4.08. The summed E-state index contributed by atoms with van der Waals surface area (Å²) in [7, 11) is 0. The number of carbonyl (C=O) groups excluding carboxylic acids is 3. The van der Waals surface area contributed by atoms with Crippen molar-refractivity contribution in [2.45, 2.75) is 40.2 Å². The molecule has 2 rings (SSSR count). The van der Waals surface area contributed by atoms with Crippen LogP contribution in [0.3, 0.4) is 0 Å². The summed E-state index contributed by atoms with van der Waals surface area (Å²) in [5.41, 5.74) is 2.52. The van der Waals surface area contributed by atoms with Crippen LogP contribution in [-0.4, -0.2) is 43.8 Å². The molecule has 0 bridgehead atoms. The first-order chi connectivity index (χ1) is 13.3. The molecule has 152 valence electrons. The van der Waals surface area contributed by atoms with Crippen LogP contribution in [0.4, 0.5) is 4.79 Å². The second-order valence-corrected chi connectivity index (χ2v) is 6.44. The highest BCUT2D eigenvalue weighted by molar-refractivity contribution is 5.94. The number of aryl methyl sites for hydroxylation is 2. The first-order valence-corrected chi connectivity index (χ1v) is 9.18. The third kappa shape index (κ3) is 5.73. The van der Waals surface area contributed by atoms with Gasteiger partial charge in [-0.15, -0.1) is 0 Å². The van der Waals surface area contributed by atoms with Gasteiger partial charge in [-0.05, 0) is 50.5 Å². The molecule has 1 aromatic carbocycles. The molecule has 1 heterocycles. The Morgan fingerprint density at radius 1 is 1.07 bits per heavy atom. The average Bonchev–Trinajstić information content (AvgIpc) is 2.63. The Bertz CT molecular complexity index is 767. The summed E-state index contributed by atoms with van der Waals surface area (Å²) in [6, 6.07) is 4.67. The largest absolute Gasteiger partial charge is 0.482 e. The quantitative estimate of drug-likeness (QED) is 0.659. The molecule has 0 fully saturated rings. The molecule has 8 nitrogen and oxygen atoms in total. The van der Waals surface area contributed by atoms with Crippen molar-refractivity contribution < 1.29 is 28.6 Å². The van der Waals surface area contributed by atoms with Crippen LogP contribution in [0.15, 0.2) is 29.5 Å². The minimum Gasteiger partial charge on any atom is -0.482 e. The average molecular weight is 390 g/mol. The second kappa shape index (κ2) is 9.77. The Kier molecular flexibility index (Phi) is 7.43. The minimum absolute atomic E-state index is 0.198. The normalized spacial score (nSPS) is 16.1. The lowest BCUT2D eigenvalue weighted by atomic mass is 10.0. The molecule has 1 aliphatic rings. The molecule has 0 aliphatic carbocycles. The molecule has 0 spiro atoms. The van der Waals surface area contributed by atoms with Crippen LogP contribution in [0.5, 0.6) is 5.75 Å². The van der Waals surface area contributed by atoms with E-state index in [2.05, 4.69) is 10.6 Å². The summed E-state index contributed by atoms with van der Waals surface area (Å²) in [6.07, 6.45) is 0.495. The monoisotopic (exact) mass is 390 g/mol. The summed E-state index contributed by atoms with van der Waals surface area (Å²) in [5.74, 6) is -0.600. The van der Waals surface area contributed by atoms with Crippen LogP contribution in [0.25, 0.3) is 0 Å². The topological polar surface area (TPSA) is 103 Å². The zero-order valence-corrected chi connectivity index (χ0v) is 16.6. The molecule has 2 N–H and O–H groups in total. The van der Waals surface area contributed by atoms with E-state index in [0.717, 1.165) is 11.1 Å². The minimum atomic E-state index is -0.615. The Morgan fingerprint density at radius 2 is 1.75 bits per heavy atom. The van der Waals surface area contributed by atoms with Gasteiger partial charge in [0.15, 0.2) is 6.61 Å². The molecule has 1 atom stereocenters. The molecule has 8 heteroatoms. The fraction of sp³-hybridized carbons (Fsp3) is 0.450. The maximum absolute atomic E-state index is 12.3. The van der Waals surface area contributed by atoms with E-state index in [1.807, 2.05) is 39.0 Å². The van der Waals surface area contributed by atoms with E-state index >= 15 is 0 Å². The Hall–Kier alpha value is -3.03. The van der Waals surface area contributed by atoms with Crippen molar-refractivity contribution >= 4 is 18.0 Å². The van der Waals surface area contributed by atoms with Crippen LogP contribution >= 0.6 is 0 Å². The van der Waals surface area contributed by atoms with E-state index < -0.39 is 24.0 Å². The maximum Gasteiger partial charge on any atom is 0.344 e. The molecule has 28 heavy (non-hydrogen) atoms. The highest BCUT2D eigenvalue weighted by Crippen LogP contribution is 2.18. The lowest BCUT2D eigenvalue weighted by Gasteiger charge is -2.28. The summed E-state index contributed by atoms with van der Waals surface area (Å²) in [5, 5.41) is 5.18. The Labute approximate surface area is 164 Å². The number of benzene rings is 1. The van der Waals surface area contributed by atoms with Gasteiger partial charge in [-0.25, -0.2) is 14.4 Å². The molecule has 0 saturated carbocycles. The molecular formula is C20H26N2O6. The van der Waals surface area contributed by atoms with Crippen molar-refractivity contribution in [3.05, 3.63) is 40.6 Å². The number of hydrogen-bond acceptors (Lipinski definition) is 6. The highest BCUT2D eigenvalue weighted by atomic mass is 16.6. The summed E-state index contributed by atoms with van der Waals surface area (Å²) >= 11 is 0. The Balaban J connectivity index is 2.03. The number of carbonyl (C=O) groups is 3. The van der Waals surface area contributed by atoms with Gasteiger partial charge in [0.05, 0.1) is 23.9 Å². The smallest absolute Gasteiger partial charge is 0.344 e. The van der Waals surface area contributed by atoms with Crippen LogP contribution in [-0.2, 0) is 19.1 Å². The number of rotatable bonds is 8. The van der Waals surface area contributed by atoms with Gasteiger partial charge in [-0.3, -0.25) is 0 Å². The molecule has 2 amide bonds. The van der Waals surface area contributed by atoms with E-state index in [1.165, 1.54) is 0 Å². The fourth-order valence-electron chi connectivity index (χ4n) is 2.93. The fourth-order valence-corrected chi connectivity index (χ4v) is 2.93. The Morgan fingerprint density at radius 3 is 2.36 bits per heavy atom. The van der Waals surface area contributed by atoms with E-state index in [-0.39, 0.29) is 31.1 Å². The second-order valence-electron chi connectivity index (χ2n) is 6.44. The summed E-state index contributed by atoms with van der Waals surface area (Å²) < 4.78 is 15.7. The van der Waals surface area contributed by atoms with Crippen molar-refractivity contribution in [2.75, 3.05) is 19.8 Å². The molecule has 0 radical (unpaired) electrons. The summed E-state index contributed by atoms with van der Waals surface area (Å²) in [6.45, 7) is 7.05. The van der Waals surface area contributed by atoms with Gasteiger partial charge in [0.1, 0.15) is 12.4 Å². The zero-order chi connectivity index (χ0) is 20.7. The lowest BCUT2D eigenvalue weighted by molar-refractivity contribution is -0.145. The van der Waals surface area contributed by atoms with Gasteiger partial charge in [-0.2, -0.15) is 0 Å². The first kappa shape index (κ1) is 21.3. The SMILES string of the molecule is CCOC(=O)C1=C(COC(=O)COc2cc(C)cc(C)c2)NC(=O)N[C@H]1CC. The number of amides is 2. The van der Waals surface area contributed by atoms with Crippen LogP contribution in [0, 0.1) is 13.8 Å². The molecule has 0 saturated heterocycles. The van der Waals surface area contributed by atoms with E-state index in [0.29, 0.717) is 12.2 Å². The zero-order valence-electron chi connectivity index (χ0n) is 16.6. The van der Waals surface area contributed by atoms with E-state index in [4.69, 9.17) is 14.2 Å². The molecule has 1 aromatic rings. The van der Waals surface area contributed by atoms with E-state index in [9.17, 15) is 14.4 Å². The van der Waals surface area contributed by atoms with Gasteiger partial charge in [0, 0.05) is 0 Å². The van der Waals surface area contributed by atoms with Crippen molar-refractivity contribution in [1.82, 2.24) is 10.6 Å². The predicted octanol–water partition coefficient (Wildman–Crippen LogP) is 2.13. The maximum atomic E-state index is 12.3. The molecule has 0 aromatic heterocycles. The number of esters is 2. The standard InChI is InChI=1S/C20H26N2O6/c1-5-15-18(19(24)26-6-2)16(22-20(25)21-15)10-28-17(23)11-27-14-8-12(3)7-13(4)9-14/h7-9,15H,5-6,10-11H2,1-4H3,(H2,21,22,25)/t15-/m0/s1. The molecular weight excluding hydrogens is 364 g/mol. The van der Waals surface area contributed by atoms with Gasteiger partial charge in [0.25, 0.3) is 0 Å². The van der Waals surface area contributed by atoms with E-state index in [1.54, 1.807) is 6.92 Å². The highest BCUT2D eigenvalue weighted by Gasteiger charge is 2.32. The number of ether oxygens (including phenoxy) is 3. The number of nitrogens with one attached hydrogen (secondary N) is 2. The molecule has 0 unspecified atom stereocenters. The number of hydrogen-bond donors (Lipinski definition) is 2. The first-order valence-electron chi connectivity index (χ1n) is 9.18. The van der Waals surface area contributed by atoms with Crippen molar-refractivity contribution in [3.8, 4) is 5.75 Å². The van der Waals surface area contributed by atoms with Crippen LogP contribution in [0.2, 0.25) is 0 Å². The van der Waals surface area contributed by atoms with Crippen LogP contribution in [0.1, 0.15) is 31.4 Å². The van der Waals surface area contributed by atoms with Gasteiger partial charge >= 0.3 is 18.0 Å². The van der Waals surface area contributed by atoms with Crippen LogP contribution < -0.4 is 15.4 Å². The summed E-state index contributed by atoms with van der Waals surface area (Å²) in [4.78, 5) is 36.1. The molecule has 1 aliphatic heterocycles. The van der Waals surface area contributed by atoms with Gasteiger partial charge in [-0.1, -0.05) is 13.0 Å². The van der Waals surface area contributed by atoms with Crippen molar-refractivity contribution in [2.24, 2.45) is 0 Å². The number of urea groups is 1. The lowest BCUT2D eigenvalue weighted by Crippen LogP contribution is -2.51. The predicted molar refractivity (Wildman–Crippen MR) is 102 cm³/mol.